The zero-order chi connectivity index (χ0) is 12.3. The summed E-state index contributed by atoms with van der Waals surface area (Å²) in [6, 6.07) is 2.11. The number of non-ortho nitro benzene ring substituents is 1. The van der Waals surface area contributed by atoms with Crippen LogP contribution < -0.4 is 0 Å². The minimum Gasteiger partial charge on any atom is -0.462 e. The number of benzene rings is 1. The normalized spacial score (nSPS) is 9.94. The number of nitrogens with zero attached hydrogens (tertiary/aromatic N) is 1. The first kappa shape index (κ1) is 12.7. The van der Waals surface area contributed by atoms with Crippen LogP contribution >= 0.6 is 23.2 Å². The van der Waals surface area contributed by atoms with Gasteiger partial charge in [0.25, 0.3) is 5.69 Å². The molecule has 0 atom stereocenters. The molecule has 5 nitrogen and oxygen atoms in total. The number of ether oxygens (including phenoxy) is 1. The number of halogens is 2. The largest absolute Gasteiger partial charge is 0.462 e. The van der Waals surface area contributed by atoms with Gasteiger partial charge in [0.05, 0.1) is 27.1 Å². The second kappa shape index (κ2) is 5.14. The molecular weight excluding hydrogens is 257 g/mol. The van der Waals surface area contributed by atoms with Crippen LogP contribution in [0.15, 0.2) is 12.1 Å². The Morgan fingerprint density at radius 3 is 2.31 bits per heavy atom. The van der Waals surface area contributed by atoms with E-state index in [1.54, 1.807) is 6.92 Å². The molecule has 0 aliphatic heterocycles. The minimum absolute atomic E-state index is 0.0595. The molecule has 16 heavy (non-hydrogen) atoms. The Kier molecular flexibility index (Phi) is 4.09. The maximum Gasteiger partial charge on any atom is 0.341 e. The smallest absolute Gasteiger partial charge is 0.341 e. The Balaban J connectivity index is 3.22. The van der Waals surface area contributed by atoms with E-state index in [0.717, 1.165) is 12.1 Å². The van der Waals surface area contributed by atoms with Crippen LogP contribution in [0.5, 0.6) is 0 Å². The molecule has 0 saturated carbocycles. The zero-order valence-corrected chi connectivity index (χ0v) is 9.71. The number of rotatable bonds is 3. The Hall–Kier alpha value is -1.33. The van der Waals surface area contributed by atoms with Crippen molar-refractivity contribution in [3.63, 3.8) is 0 Å². The molecule has 0 unspecified atom stereocenters. The van der Waals surface area contributed by atoms with Crippen LogP contribution in [-0.2, 0) is 4.74 Å². The van der Waals surface area contributed by atoms with Gasteiger partial charge >= 0.3 is 5.97 Å². The summed E-state index contributed by atoms with van der Waals surface area (Å²) >= 11 is 11.4. The molecule has 0 saturated heterocycles. The number of carbonyl (C=O) groups excluding carboxylic acids is 1. The molecule has 0 aromatic heterocycles. The lowest BCUT2D eigenvalue weighted by atomic mass is 10.2. The van der Waals surface area contributed by atoms with Crippen molar-refractivity contribution < 1.29 is 14.5 Å². The third kappa shape index (κ3) is 2.62. The summed E-state index contributed by atoms with van der Waals surface area (Å²) in [5.41, 5.74) is -0.334. The van der Waals surface area contributed by atoms with Crippen LogP contribution in [-0.4, -0.2) is 17.5 Å². The summed E-state index contributed by atoms with van der Waals surface area (Å²) < 4.78 is 4.71. The van der Waals surface area contributed by atoms with Crippen molar-refractivity contribution in [2.75, 3.05) is 6.61 Å². The van der Waals surface area contributed by atoms with Crippen LogP contribution in [0.25, 0.3) is 0 Å². The van der Waals surface area contributed by atoms with Gasteiger partial charge in [-0.3, -0.25) is 10.1 Å². The molecule has 0 radical (unpaired) electrons. The number of nitro groups is 1. The van der Waals surface area contributed by atoms with Crippen molar-refractivity contribution in [3.05, 3.63) is 37.9 Å². The monoisotopic (exact) mass is 263 g/mol. The van der Waals surface area contributed by atoms with Gasteiger partial charge in [-0.2, -0.15) is 0 Å². The molecule has 0 amide bonds. The van der Waals surface area contributed by atoms with E-state index in [4.69, 9.17) is 27.9 Å². The van der Waals surface area contributed by atoms with E-state index in [-0.39, 0.29) is 27.9 Å². The van der Waals surface area contributed by atoms with Crippen LogP contribution in [0.2, 0.25) is 10.0 Å². The molecule has 0 aliphatic rings. The summed E-state index contributed by atoms with van der Waals surface area (Å²) in [7, 11) is 0. The molecule has 0 N–H and O–H groups in total. The molecule has 86 valence electrons. The zero-order valence-electron chi connectivity index (χ0n) is 8.20. The van der Waals surface area contributed by atoms with Crippen molar-refractivity contribution >= 4 is 34.9 Å². The van der Waals surface area contributed by atoms with Crippen molar-refractivity contribution in [3.8, 4) is 0 Å². The molecule has 7 heteroatoms. The Labute approximate surface area is 101 Å². The van der Waals surface area contributed by atoms with Gasteiger partial charge in [0.2, 0.25) is 0 Å². The Morgan fingerprint density at radius 1 is 1.44 bits per heavy atom. The fourth-order valence-corrected chi connectivity index (χ4v) is 1.69. The second-order valence-electron chi connectivity index (χ2n) is 2.76. The fraction of sp³-hybridized carbons (Fsp3) is 0.222. The number of nitro benzene ring substituents is 1. The summed E-state index contributed by atoms with van der Waals surface area (Å²) in [6.07, 6.45) is 0. The van der Waals surface area contributed by atoms with Gasteiger partial charge in [0.15, 0.2) is 0 Å². The lowest BCUT2D eigenvalue weighted by Gasteiger charge is -2.05. The van der Waals surface area contributed by atoms with Gasteiger partial charge in [0, 0.05) is 12.1 Å². The highest BCUT2D eigenvalue weighted by atomic mass is 35.5. The van der Waals surface area contributed by atoms with Crippen molar-refractivity contribution in [1.82, 2.24) is 0 Å². The first-order valence-corrected chi connectivity index (χ1v) is 5.03. The SMILES string of the molecule is CCOC(=O)c1c(Cl)cc([N+](=O)[O-])cc1Cl. The highest BCUT2D eigenvalue weighted by Gasteiger charge is 2.20. The van der Waals surface area contributed by atoms with Gasteiger partial charge in [-0.25, -0.2) is 4.79 Å². The molecule has 0 fully saturated rings. The quantitative estimate of drug-likeness (QED) is 0.478. The standard InChI is InChI=1S/C9H7Cl2NO4/c1-2-16-9(13)8-6(10)3-5(12(14)15)4-7(8)11/h3-4H,2H2,1H3. The maximum absolute atomic E-state index is 11.4. The summed E-state index contributed by atoms with van der Waals surface area (Å²) in [6.45, 7) is 1.80. The summed E-state index contributed by atoms with van der Waals surface area (Å²) in [4.78, 5) is 21.2. The van der Waals surface area contributed by atoms with E-state index in [1.165, 1.54) is 0 Å². The van der Waals surface area contributed by atoms with Crippen LogP contribution in [0.3, 0.4) is 0 Å². The van der Waals surface area contributed by atoms with Gasteiger partial charge < -0.3 is 4.74 Å². The summed E-state index contributed by atoms with van der Waals surface area (Å²) in [5, 5.41) is 10.3. The first-order valence-electron chi connectivity index (χ1n) is 4.28. The molecule has 0 aliphatic carbocycles. The lowest BCUT2D eigenvalue weighted by Crippen LogP contribution is -2.06. The Morgan fingerprint density at radius 2 is 1.94 bits per heavy atom. The lowest BCUT2D eigenvalue weighted by molar-refractivity contribution is -0.384. The average Bonchev–Trinajstić information content (AvgIpc) is 2.16. The predicted molar refractivity (Wildman–Crippen MR) is 59.1 cm³/mol. The van der Waals surface area contributed by atoms with Crippen LogP contribution in [0, 0.1) is 10.1 Å². The van der Waals surface area contributed by atoms with E-state index in [0.29, 0.717) is 0 Å². The van der Waals surface area contributed by atoms with Crippen LogP contribution in [0.1, 0.15) is 17.3 Å². The number of hydrogen-bond acceptors (Lipinski definition) is 4. The third-order valence-electron chi connectivity index (χ3n) is 1.72. The molecule has 0 heterocycles. The molecule has 1 rings (SSSR count). The van der Waals surface area contributed by atoms with Crippen LogP contribution in [0.4, 0.5) is 5.69 Å². The predicted octanol–water partition coefficient (Wildman–Crippen LogP) is 3.08. The molecule has 0 spiro atoms. The second-order valence-corrected chi connectivity index (χ2v) is 3.58. The molecular formula is C9H7Cl2NO4. The van der Waals surface area contributed by atoms with Gasteiger partial charge in [-0.05, 0) is 6.92 Å². The van der Waals surface area contributed by atoms with E-state index in [1.807, 2.05) is 0 Å². The topological polar surface area (TPSA) is 69.4 Å². The molecule has 1 aromatic rings. The first-order chi connectivity index (χ1) is 7.47. The minimum atomic E-state index is -0.701. The highest BCUT2D eigenvalue weighted by Crippen LogP contribution is 2.30. The van der Waals surface area contributed by atoms with Crippen molar-refractivity contribution in [1.29, 1.82) is 0 Å². The van der Waals surface area contributed by atoms with Crippen molar-refractivity contribution in [2.24, 2.45) is 0 Å². The van der Waals surface area contributed by atoms with Gasteiger partial charge in [-0.1, -0.05) is 23.2 Å². The fourth-order valence-electron chi connectivity index (χ4n) is 1.06. The van der Waals surface area contributed by atoms with E-state index >= 15 is 0 Å². The highest BCUT2D eigenvalue weighted by molar-refractivity contribution is 6.39. The van der Waals surface area contributed by atoms with Gasteiger partial charge in [0.1, 0.15) is 0 Å². The average molecular weight is 264 g/mol. The summed E-state index contributed by atoms with van der Waals surface area (Å²) in [5.74, 6) is -0.701. The maximum atomic E-state index is 11.4. The number of esters is 1. The molecule has 1 aromatic carbocycles. The Bertz CT molecular complexity index is 424. The van der Waals surface area contributed by atoms with Gasteiger partial charge in [-0.15, -0.1) is 0 Å². The number of carbonyl (C=O) groups is 1. The third-order valence-corrected chi connectivity index (χ3v) is 2.31. The van der Waals surface area contributed by atoms with E-state index in [9.17, 15) is 14.9 Å². The molecule has 0 bridgehead atoms. The number of hydrogen-bond donors (Lipinski definition) is 0. The van der Waals surface area contributed by atoms with Crippen molar-refractivity contribution in [2.45, 2.75) is 6.92 Å². The van der Waals surface area contributed by atoms with E-state index < -0.39 is 10.9 Å². The van der Waals surface area contributed by atoms with E-state index in [2.05, 4.69) is 0 Å².